The van der Waals surface area contributed by atoms with Crippen LogP contribution in [-0.2, 0) is 0 Å². The Bertz CT molecular complexity index is 1320. The molecule has 2 aromatic heterocycles. The molecule has 4 aromatic rings. The Morgan fingerprint density at radius 3 is 2.59 bits per heavy atom. The summed E-state index contributed by atoms with van der Waals surface area (Å²) in [6.07, 6.45) is 2.01. The van der Waals surface area contributed by atoms with Gasteiger partial charge in [-0.3, -0.25) is 4.79 Å². The number of nitrogens with one attached hydrogen (secondary N) is 1. The summed E-state index contributed by atoms with van der Waals surface area (Å²) in [5.74, 6) is 0.360. The van der Waals surface area contributed by atoms with Crippen LogP contribution in [0.3, 0.4) is 0 Å². The van der Waals surface area contributed by atoms with Crippen LogP contribution in [0.1, 0.15) is 22.3 Å². The minimum atomic E-state index is -0.435. The number of nitriles is 1. The van der Waals surface area contributed by atoms with Gasteiger partial charge in [-0.05, 0) is 60.5 Å². The predicted octanol–water partition coefficient (Wildman–Crippen LogP) is 3.22. The van der Waals surface area contributed by atoms with Crippen LogP contribution in [0.5, 0.6) is 0 Å². The van der Waals surface area contributed by atoms with Gasteiger partial charge >= 0.3 is 0 Å². The second-order valence-electron chi connectivity index (χ2n) is 7.71. The van der Waals surface area contributed by atoms with Crippen LogP contribution in [-0.4, -0.2) is 49.7 Å². The van der Waals surface area contributed by atoms with Crippen LogP contribution in [0.2, 0.25) is 0 Å². The molecular formula is C24H20N6O2. The van der Waals surface area contributed by atoms with E-state index in [1.165, 1.54) is 0 Å². The van der Waals surface area contributed by atoms with Crippen molar-refractivity contribution < 1.29 is 9.90 Å². The molecule has 0 radical (unpaired) electrons. The van der Waals surface area contributed by atoms with Crippen LogP contribution in [0.15, 0.2) is 66.9 Å². The number of β-amino-alcohol motifs (C(OH)–C–C–N with tert-alkyl or cyclic N) is 1. The summed E-state index contributed by atoms with van der Waals surface area (Å²) in [5.41, 5.74) is 4.50. The molecule has 0 unspecified atom stereocenters. The van der Waals surface area contributed by atoms with Crippen LogP contribution < -0.4 is 5.32 Å². The zero-order valence-electron chi connectivity index (χ0n) is 17.1. The Labute approximate surface area is 184 Å². The van der Waals surface area contributed by atoms with Crippen molar-refractivity contribution in [1.82, 2.24) is 19.5 Å². The maximum Gasteiger partial charge on any atom is 0.253 e. The first-order chi connectivity index (χ1) is 15.6. The lowest BCUT2D eigenvalue weighted by Crippen LogP contribution is -2.29. The molecule has 3 heterocycles. The highest BCUT2D eigenvalue weighted by atomic mass is 16.3. The lowest BCUT2D eigenvalue weighted by molar-refractivity contribution is 0.0765. The van der Waals surface area contributed by atoms with Gasteiger partial charge in [0.05, 0.1) is 17.7 Å². The van der Waals surface area contributed by atoms with E-state index in [4.69, 9.17) is 5.26 Å². The van der Waals surface area contributed by atoms with Gasteiger partial charge in [0.15, 0.2) is 5.65 Å². The number of amides is 1. The summed E-state index contributed by atoms with van der Waals surface area (Å²) < 4.78 is 1.70. The van der Waals surface area contributed by atoms with Gasteiger partial charge < -0.3 is 15.3 Å². The molecule has 5 rings (SSSR count). The first kappa shape index (κ1) is 19.7. The van der Waals surface area contributed by atoms with Crippen molar-refractivity contribution in [2.45, 2.75) is 12.5 Å². The third-order valence-electron chi connectivity index (χ3n) is 5.53. The topological polar surface area (TPSA) is 107 Å². The van der Waals surface area contributed by atoms with Crippen molar-refractivity contribution in [1.29, 1.82) is 5.26 Å². The third-order valence-corrected chi connectivity index (χ3v) is 5.53. The smallest absolute Gasteiger partial charge is 0.253 e. The van der Waals surface area contributed by atoms with Crippen molar-refractivity contribution in [3.05, 3.63) is 78.0 Å². The van der Waals surface area contributed by atoms with Gasteiger partial charge in [-0.15, -0.1) is 5.10 Å². The molecule has 2 N–H and O–H groups in total. The van der Waals surface area contributed by atoms with E-state index in [0.29, 0.717) is 42.2 Å². The van der Waals surface area contributed by atoms with Crippen molar-refractivity contribution in [2.24, 2.45) is 0 Å². The summed E-state index contributed by atoms with van der Waals surface area (Å²) in [5, 5.41) is 26.3. The van der Waals surface area contributed by atoms with Crippen molar-refractivity contribution in [3.63, 3.8) is 0 Å². The molecule has 158 valence electrons. The number of carbonyl (C=O) groups excluding carboxylic acids is 1. The molecular weight excluding hydrogens is 404 g/mol. The summed E-state index contributed by atoms with van der Waals surface area (Å²) in [6.45, 7) is 0.957. The molecule has 0 spiro atoms. The maximum atomic E-state index is 12.5. The molecule has 1 fully saturated rings. The number of rotatable bonds is 4. The van der Waals surface area contributed by atoms with Gasteiger partial charge in [0, 0.05) is 36.1 Å². The molecule has 1 atom stereocenters. The summed E-state index contributed by atoms with van der Waals surface area (Å²) >= 11 is 0. The fourth-order valence-electron chi connectivity index (χ4n) is 3.84. The highest BCUT2D eigenvalue weighted by molar-refractivity contribution is 5.94. The molecule has 1 amide bonds. The largest absolute Gasteiger partial charge is 0.391 e. The SMILES string of the molecule is N#Cc1ccc(-c2cccn3nc(Nc4ccc(C(=O)N5CC[C@@H](O)C5)cc4)nc23)cc1. The molecule has 0 saturated carbocycles. The van der Waals surface area contributed by atoms with E-state index in [9.17, 15) is 9.90 Å². The zero-order valence-corrected chi connectivity index (χ0v) is 17.1. The lowest BCUT2D eigenvalue weighted by atomic mass is 10.1. The van der Waals surface area contributed by atoms with E-state index < -0.39 is 6.10 Å². The second kappa shape index (κ2) is 8.13. The van der Waals surface area contributed by atoms with Gasteiger partial charge in [0.25, 0.3) is 5.91 Å². The number of carbonyl (C=O) groups is 1. The number of fused-ring (bicyclic) bond motifs is 1. The number of likely N-dealkylation sites (tertiary alicyclic amines) is 1. The van der Waals surface area contributed by atoms with Crippen LogP contribution in [0.4, 0.5) is 11.6 Å². The highest BCUT2D eigenvalue weighted by Gasteiger charge is 2.25. The Hall–Kier alpha value is -4.22. The fourth-order valence-corrected chi connectivity index (χ4v) is 3.84. The van der Waals surface area contributed by atoms with Crippen LogP contribution >= 0.6 is 0 Å². The molecule has 2 aromatic carbocycles. The Balaban J connectivity index is 1.36. The first-order valence-electron chi connectivity index (χ1n) is 10.3. The molecule has 1 saturated heterocycles. The van der Waals surface area contributed by atoms with Gasteiger partial charge in [0.2, 0.25) is 5.95 Å². The van der Waals surface area contributed by atoms with Crippen molar-refractivity contribution >= 4 is 23.2 Å². The number of aromatic nitrogens is 3. The number of hydrogen-bond acceptors (Lipinski definition) is 6. The molecule has 1 aliphatic rings. The fraction of sp³-hybridized carbons (Fsp3) is 0.167. The van der Waals surface area contributed by atoms with Crippen LogP contribution in [0.25, 0.3) is 16.8 Å². The number of hydrogen-bond donors (Lipinski definition) is 2. The second-order valence-corrected chi connectivity index (χ2v) is 7.71. The summed E-state index contributed by atoms with van der Waals surface area (Å²) in [7, 11) is 0. The minimum absolute atomic E-state index is 0.0778. The van der Waals surface area contributed by atoms with E-state index in [-0.39, 0.29) is 5.91 Å². The quantitative estimate of drug-likeness (QED) is 0.521. The van der Waals surface area contributed by atoms with Crippen LogP contribution in [0, 0.1) is 11.3 Å². The zero-order chi connectivity index (χ0) is 22.1. The Morgan fingerprint density at radius 2 is 1.91 bits per heavy atom. The maximum absolute atomic E-state index is 12.5. The molecule has 0 bridgehead atoms. The monoisotopic (exact) mass is 424 g/mol. The average Bonchev–Trinajstić information content (AvgIpc) is 3.44. The van der Waals surface area contributed by atoms with Crippen molar-refractivity contribution in [3.8, 4) is 17.2 Å². The Kier molecular flexibility index (Phi) is 5.01. The van der Waals surface area contributed by atoms with Gasteiger partial charge in [-0.25, -0.2) is 4.52 Å². The van der Waals surface area contributed by atoms with E-state index in [1.54, 1.807) is 33.7 Å². The number of benzene rings is 2. The highest BCUT2D eigenvalue weighted by Crippen LogP contribution is 2.25. The predicted molar refractivity (Wildman–Crippen MR) is 119 cm³/mol. The van der Waals surface area contributed by atoms with Gasteiger partial charge in [-0.1, -0.05) is 12.1 Å². The number of aliphatic hydroxyl groups is 1. The molecule has 32 heavy (non-hydrogen) atoms. The van der Waals surface area contributed by atoms with E-state index >= 15 is 0 Å². The normalized spacial score (nSPS) is 15.6. The first-order valence-corrected chi connectivity index (χ1v) is 10.3. The Morgan fingerprint density at radius 1 is 1.12 bits per heavy atom. The molecule has 8 nitrogen and oxygen atoms in total. The van der Waals surface area contributed by atoms with E-state index in [0.717, 1.165) is 16.8 Å². The molecule has 8 heteroatoms. The molecule has 0 aliphatic carbocycles. The third kappa shape index (κ3) is 3.77. The number of nitrogens with zero attached hydrogens (tertiary/aromatic N) is 5. The lowest BCUT2D eigenvalue weighted by Gasteiger charge is -2.15. The standard InChI is InChI=1S/C24H20N6O2/c25-14-16-3-5-17(6-4-16)21-2-1-12-30-22(21)27-24(28-30)26-19-9-7-18(8-10-19)23(32)29-13-11-20(31)15-29/h1-10,12,20,31H,11,13,15H2,(H,26,28)/t20-/m1/s1. The van der Waals surface area contributed by atoms with Gasteiger partial charge in [0.1, 0.15) is 0 Å². The minimum Gasteiger partial charge on any atom is -0.391 e. The summed E-state index contributed by atoms with van der Waals surface area (Å²) in [4.78, 5) is 18.8. The van der Waals surface area contributed by atoms with E-state index in [2.05, 4.69) is 21.5 Å². The number of pyridine rings is 1. The summed E-state index contributed by atoms with van der Waals surface area (Å²) in [6, 6.07) is 20.5. The van der Waals surface area contributed by atoms with Crippen molar-refractivity contribution in [2.75, 3.05) is 18.4 Å². The average molecular weight is 424 g/mol. The molecule has 1 aliphatic heterocycles. The number of aliphatic hydroxyl groups excluding tert-OH is 1. The van der Waals surface area contributed by atoms with E-state index in [1.807, 2.05) is 42.6 Å². The number of anilines is 2. The van der Waals surface area contributed by atoms with Gasteiger partial charge in [-0.2, -0.15) is 10.2 Å².